The molecule has 0 radical (unpaired) electrons. The zero-order valence-corrected chi connectivity index (χ0v) is 11.3. The molecule has 0 aromatic rings. The zero-order chi connectivity index (χ0) is 14.0. The maximum absolute atomic E-state index is 11.0. The summed E-state index contributed by atoms with van der Waals surface area (Å²) >= 11 is 0. The molecule has 0 aliphatic carbocycles. The lowest BCUT2D eigenvalue weighted by Gasteiger charge is -2.24. The fraction of sp³-hybridized carbons (Fsp3) is 0.750. The van der Waals surface area contributed by atoms with Gasteiger partial charge in [0.25, 0.3) is 0 Å². The van der Waals surface area contributed by atoms with Gasteiger partial charge >= 0.3 is 11.9 Å². The molecule has 6 heteroatoms. The number of ether oxygens (including phenoxy) is 1. The number of carbonyl (C=O) groups excluding carboxylic acids is 3. The maximum atomic E-state index is 11.0. The number of hydrogen-bond acceptors (Lipinski definition) is 5. The Hall–Kier alpha value is -1.43. The standard InChI is InChI=1S/C9H15NO3.C3H7NO/c1-8(11)13-9(12)7-10-5-3-2-4-6-10;1-4(2)3-5/h2-7H2,1H3;3H,1-2H3. The van der Waals surface area contributed by atoms with Crippen molar-refractivity contribution in [2.24, 2.45) is 0 Å². The number of nitrogens with zero attached hydrogens (tertiary/aromatic N) is 2. The highest BCUT2D eigenvalue weighted by molar-refractivity contribution is 5.85. The molecule has 1 amide bonds. The molecular formula is C12H22N2O4. The summed E-state index contributed by atoms with van der Waals surface area (Å²) in [5.74, 6) is -0.962. The fourth-order valence-electron chi connectivity index (χ4n) is 1.49. The predicted molar refractivity (Wildman–Crippen MR) is 66.8 cm³/mol. The Labute approximate surface area is 108 Å². The lowest BCUT2D eigenvalue weighted by molar-refractivity contribution is -0.158. The van der Waals surface area contributed by atoms with Crippen LogP contribution in [-0.2, 0) is 19.1 Å². The highest BCUT2D eigenvalue weighted by Crippen LogP contribution is 2.07. The molecule has 0 aromatic carbocycles. The van der Waals surface area contributed by atoms with Gasteiger partial charge in [0.2, 0.25) is 6.41 Å². The molecular weight excluding hydrogens is 236 g/mol. The number of rotatable bonds is 3. The van der Waals surface area contributed by atoms with Gasteiger partial charge in [-0.2, -0.15) is 0 Å². The molecule has 1 aliphatic rings. The average molecular weight is 258 g/mol. The molecule has 0 bridgehead atoms. The van der Waals surface area contributed by atoms with Crippen molar-refractivity contribution < 1.29 is 19.1 Å². The van der Waals surface area contributed by atoms with Crippen molar-refractivity contribution >= 4 is 18.3 Å². The van der Waals surface area contributed by atoms with Gasteiger partial charge in [-0.25, -0.2) is 0 Å². The summed E-state index contributed by atoms with van der Waals surface area (Å²) in [5.41, 5.74) is 0. The molecule has 0 unspecified atom stereocenters. The Morgan fingerprint density at radius 2 is 1.72 bits per heavy atom. The molecule has 18 heavy (non-hydrogen) atoms. The summed E-state index contributed by atoms with van der Waals surface area (Å²) in [4.78, 5) is 34.4. The van der Waals surface area contributed by atoms with E-state index < -0.39 is 11.9 Å². The van der Waals surface area contributed by atoms with Crippen LogP contribution in [0.25, 0.3) is 0 Å². The fourth-order valence-corrected chi connectivity index (χ4v) is 1.49. The minimum atomic E-state index is -0.526. The Morgan fingerprint density at radius 1 is 1.22 bits per heavy atom. The number of carbonyl (C=O) groups is 3. The Bertz CT molecular complexity index is 273. The van der Waals surface area contributed by atoms with Crippen LogP contribution in [0.3, 0.4) is 0 Å². The van der Waals surface area contributed by atoms with Gasteiger partial charge in [-0.15, -0.1) is 0 Å². The van der Waals surface area contributed by atoms with E-state index in [2.05, 4.69) is 4.74 Å². The largest absolute Gasteiger partial charge is 0.392 e. The third kappa shape index (κ3) is 9.77. The Kier molecular flexibility index (Phi) is 8.82. The topological polar surface area (TPSA) is 66.9 Å². The normalized spacial score (nSPS) is 15.1. The molecule has 1 aliphatic heterocycles. The molecule has 1 fully saturated rings. The Balaban J connectivity index is 0.000000494. The summed E-state index contributed by atoms with van der Waals surface area (Å²) in [5, 5.41) is 0. The van der Waals surface area contributed by atoms with Crippen LogP contribution >= 0.6 is 0 Å². The van der Waals surface area contributed by atoms with Crippen LogP contribution < -0.4 is 0 Å². The smallest absolute Gasteiger partial charge is 0.327 e. The molecule has 6 nitrogen and oxygen atoms in total. The van der Waals surface area contributed by atoms with Gasteiger partial charge in [-0.3, -0.25) is 19.3 Å². The number of hydrogen-bond donors (Lipinski definition) is 0. The van der Waals surface area contributed by atoms with Crippen molar-refractivity contribution in [2.75, 3.05) is 33.7 Å². The number of esters is 2. The molecule has 0 saturated carbocycles. The van der Waals surface area contributed by atoms with Crippen molar-refractivity contribution in [1.82, 2.24) is 9.80 Å². The molecule has 0 aromatic heterocycles. The van der Waals surface area contributed by atoms with E-state index in [4.69, 9.17) is 0 Å². The zero-order valence-electron chi connectivity index (χ0n) is 11.3. The van der Waals surface area contributed by atoms with Crippen LogP contribution in [-0.4, -0.2) is 61.9 Å². The van der Waals surface area contributed by atoms with Gasteiger partial charge in [0, 0.05) is 21.0 Å². The van der Waals surface area contributed by atoms with Gasteiger partial charge in [-0.05, 0) is 25.9 Å². The van der Waals surface area contributed by atoms with Crippen LogP contribution in [0, 0.1) is 0 Å². The summed E-state index contributed by atoms with van der Waals surface area (Å²) in [7, 11) is 3.38. The van der Waals surface area contributed by atoms with Gasteiger partial charge < -0.3 is 9.64 Å². The van der Waals surface area contributed by atoms with Gasteiger partial charge in [0.1, 0.15) is 0 Å². The monoisotopic (exact) mass is 258 g/mol. The SMILES string of the molecule is CC(=O)OC(=O)CN1CCCCC1.CN(C)C=O. The minimum absolute atomic E-state index is 0.250. The van der Waals surface area contributed by atoms with Gasteiger partial charge in [0.05, 0.1) is 6.54 Å². The summed E-state index contributed by atoms with van der Waals surface area (Å²) in [6.07, 6.45) is 4.25. The van der Waals surface area contributed by atoms with Crippen molar-refractivity contribution in [3.63, 3.8) is 0 Å². The number of likely N-dealkylation sites (tertiary alicyclic amines) is 1. The molecule has 1 rings (SSSR count). The van der Waals surface area contributed by atoms with Crippen molar-refractivity contribution in [1.29, 1.82) is 0 Å². The first-order valence-electron chi connectivity index (χ1n) is 6.01. The van der Waals surface area contributed by atoms with E-state index in [1.807, 2.05) is 4.90 Å². The second-order valence-electron chi connectivity index (χ2n) is 4.37. The van der Waals surface area contributed by atoms with Crippen molar-refractivity contribution in [2.45, 2.75) is 26.2 Å². The van der Waals surface area contributed by atoms with Crippen LogP contribution in [0.5, 0.6) is 0 Å². The van der Waals surface area contributed by atoms with Gasteiger partial charge in [0.15, 0.2) is 0 Å². The first-order valence-corrected chi connectivity index (χ1v) is 6.01. The van der Waals surface area contributed by atoms with E-state index in [0.29, 0.717) is 0 Å². The Morgan fingerprint density at radius 3 is 2.11 bits per heavy atom. The first-order chi connectivity index (χ1) is 8.45. The molecule has 104 valence electrons. The third-order valence-corrected chi connectivity index (χ3v) is 2.27. The van der Waals surface area contributed by atoms with E-state index in [1.165, 1.54) is 18.2 Å². The van der Waals surface area contributed by atoms with Crippen LogP contribution in [0.15, 0.2) is 0 Å². The van der Waals surface area contributed by atoms with E-state index >= 15 is 0 Å². The summed E-state index contributed by atoms with van der Waals surface area (Å²) < 4.78 is 4.43. The molecule has 1 saturated heterocycles. The minimum Gasteiger partial charge on any atom is -0.392 e. The van der Waals surface area contributed by atoms with E-state index in [9.17, 15) is 14.4 Å². The average Bonchev–Trinajstić information content (AvgIpc) is 2.29. The maximum Gasteiger partial charge on any atom is 0.327 e. The second-order valence-corrected chi connectivity index (χ2v) is 4.37. The van der Waals surface area contributed by atoms with E-state index in [0.717, 1.165) is 32.3 Å². The van der Waals surface area contributed by atoms with Crippen LogP contribution in [0.2, 0.25) is 0 Å². The van der Waals surface area contributed by atoms with E-state index in [-0.39, 0.29) is 6.54 Å². The van der Waals surface area contributed by atoms with E-state index in [1.54, 1.807) is 14.1 Å². The third-order valence-electron chi connectivity index (χ3n) is 2.27. The molecule has 1 heterocycles. The van der Waals surface area contributed by atoms with Crippen molar-refractivity contribution in [3.05, 3.63) is 0 Å². The van der Waals surface area contributed by atoms with Crippen molar-refractivity contribution in [3.8, 4) is 0 Å². The quantitative estimate of drug-likeness (QED) is 0.413. The molecule has 0 N–H and O–H groups in total. The number of amides is 1. The van der Waals surface area contributed by atoms with Crippen LogP contribution in [0.1, 0.15) is 26.2 Å². The lowest BCUT2D eigenvalue weighted by Crippen LogP contribution is -2.35. The molecule has 0 spiro atoms. The summed E-state index contributed by atoms with van der Waals surface area (Å²) in [6, 6.07) is 0. The number of piperidine rings is 1. The lowest BCUT2D eigenvalue weighted by atomic mass is 10.1. The highest BCUT2D eigenvalue weighted by atomic mass is 16.6. The van der Waals surface area contributed by atoms with Crippen LogP contribution in [0.4, 0.5) is 0 Å². The second kappa shape index (κ2) is 9.58. The summed E-state index contributed by atoms with van der Waals surface area (Å²) in [6.45, 7) is 3.37. The highest BCUT2D eigenvalue weighted by Gasteiger charge is 2.15. The molecule has 0 atom stereocenters. The van der Waals surface area contributed by atoms with Gasteiger partial charge in [-0.1, -0.05) is 6.42 Å². The predicted octanol–water partition coefficient (Wildman–Crippen LogP) is 0.266. The first kappa shape index (κ1) is 16.6.